The Morgan fingerprint density at radius 3 is 2.68 bits per heavy atom. The number of nitrogens with zero attached hydrogens (tertiary/aromatic N) is 2. The van der Waals surface area contributed by atoms with Gasteiger partial charge < -0.3 is 15.7 Å². The van der Waals surface area contributed by atoms with Gasteiger partial charge >= 0.3 is 0 Å². The molecule has 0 saturated carbocycles. The topological polar surface area (TPSA) is 70.1 Å². The van der Waals surface area contributed by atoms with Crippen LogP contribution in [0.3, 0.4) is 0 Å². The molecule has 0 fully saturated rings. The molecule has 3 N–H and O–H groups in total. The fourth-order valence-corrected chi connectivity index (χ4v) is 1.87. The average Bonchev–Trinajstić information content (AvgIpc) is 2.36. The molecule has 1 aromatic heterocycles. The summed E-state index contributed by atoms with van der Waals surface area (Å²) in [4.78, 5) is 8.40. The first-order valence-corrected chi connectivity index (χ1v) is 7.09. The smallest absolute Gasteiger partial charge is 0.224 e. The molecule has 1 unspecified atom stereocenters. The minimum atomic E-state index is -0.764. The van der Waals surface area contributed by atoms with Gasteiger partial charge in [-0.15, -0.1) is 0 Å². The highest BCUT2D eigenvalue weighted by molar-refractivity contribution is 6.32. The van der Waals surface area contributed by atoms with Gasteiger partial charge in [-0.2, -0.15) is 4.98 Å². The van der Waals surface area contributed by atoms with Crippen molar-refractivity contribution in [3.63, 3.8) is 0 Å². The Balaban J connectivity index is 2.66. The second-order valence-electron chi connectivity index (χ2n) is 4.92. The van der Waals surface area contributed by atoms with Gasteiger partial charge in [0, 0.05) is 13.1 Å². The van der Waals surface area contributed by atoms with E-state index in [4.69, 9.17) is 11.6 Å². The second-order valence-corrected chi connectivity index (χ2v) is 5.32. The first-order chi connectivity index (χ1) is 8.98. The molecule has 6 heteroatoms. The van der Waals surface area contributed by atoms with Crippen LogP contribution in [0.4, 0.5) is 11.8 Å². The van der Waals surface area contributed by atoms with Crippen LogP contribution in [0.15, 0.2) is 6.20 Å². The van der Waals surface area contributed by atoms with Gasteiger partial charge in [0.05, 0.1) is 11.8 Å². The van der Waals surface area contributed by atoms with Crippen molar-refractivity contribution in [1.82, 2.24) is 9.97 Å². The number of rotatable bonds is 8. The summed E-state index contributed by atoms with van der Waals surface area (Å²) < 4.78 is 0. The Hall–Kier alpha value is -1.07. The lowest BCUT2D eigenvalue weighted by Gasteiger charge is -2.23. The molecule has 0 bridgehead atoms. The monoisotopic (exact) mass is 286 g/mol. The summed E-state index contributed by atoms with van der Waals surface area (Å²) >= 11 is 6.04. The van der Waals surface area contributed by atoms with Crippen molar-refractivity contribution in [2.24, 2.45) is 0 Å². The highest BCUT2D eigenvalue weighted by atomic mass is 35.5. The van der Waals surface area contributed by atoms with Gasteiger partial charge in [0.1, 0.15) is 5.02 Å². The van der Waals surface area contributed by atoms with Gasteiger partial charge in [-0.1, -0.05) is 31.9 Å². The van der Waals surface area contributed by atoms with Crippen LogP contribution < -0.4 is 10.6 Å². The zero-order valence-corrected chi connectivity index (χ0v) is 12.6. The maximum absolute atomic E-state index is 10.1. The van der Waals surface area contributed by atoms with E-state index in [0.29, 0.717) is 23.3 Å². The molecule has 0 spiro atoms. The van der Waals surface area contributed by atoms with Crippen molar-refractivity contribution < 1.29 is 5.11 Å². The van der Waals surface area contributed by atoms with Crippen molar-refractivity contribution in [2.45, 2.75) is 45.6 Å². The molecule has 1 aromatic rings. The first kappa shape index (κ1) is 16.0. The van der Waals surface area contributed by atoms with E-state index < -0.39 is 5.60 Å². The third kappa shape index (κ3) is 5.61. The summed E-state index contributed by atoms with van der Waals surface area (Å²) in [6, 6.07) is 0. The van der Waals surface area contributed by atoms with Crippen LogP contribution in [0.5, 0.6) is 0 Å². The van der Waals surface area contributed by atoms with Crippen molar-refractivity contribution in [1.29, 1.82) is 0 Å². The zero-order chi connectivity index (χ0) is 14.3. The normalized spacial score (nSPS) is 13.9. The van der Waals surface area contributed by atoms with Crippen LogP contribution >= 0.6 is 11.6 Å². The number of hydrogen-bond acceptors (Lipinski definition) is 5. The third-order valence-electron chi connectivity index (χ3n) is 2.70. The van der Waals surface area contributed by atoms with Gasteiger partial charge in [-0.05, 0) is 19.8 Å². The van der Waals surface area contributed by atoms with Crippen LogP contribution in [0.25, 0.3) is 0 Å². The summed E-state index contributed by atoms with van der Waals surface area (Å²) in [7, 11) is 0. The molecular formula is C13H23ClN4O. The van der Waals surface area contributed by atoms with Crippen molar-refractivity contribution in [2.75, 3.05) is 23.7 Å². The van der Waals surface area contributed by atoms with Gasteiger partial charge in [0.25, 0.3) is 0 Å². The number of aliphatic hydroxyl groups is 1. The highest BCUT2D eigenvalue weighted by Crippen LogP contribution is 2.21. The standard InChI is InChI=1S/C13H23ClN4O/c1-4-6-13(3,19)9-17-11-10(14)8-16-12(18-11)15-7-5-2/h8,19H,4-7,9H2,1-3H3,(H2,15,16,17,18). The Bertz CT molecular complexity index is 398. The minimum Gasteiger partial charge on any atom is -0.388 e. The van der Waals surface area contributed by atoms with Crippen molar-refractivity contribution in [3.05, 3.63) is 11.2 Å². The molecule has 5 nitrogen and oxygen atoms in total. The third-order valence-corrected chi connectivity index (χ3v) is 2.98. The number of halogens is 1. The van der Waals surface area contributed by atoms with Gasteiger partial charge in [-0.25, -0.2) is 4.98 Å². The first-order valence-electron chi connectivity index (χ1n) is 6.71. The Morgan fingerprint density at radius 1 is 1.32 bits per heavy atom. The number of nitrogens with one attached hydrogen (secondary N) is 2. The Labute approximate surface area is 119 Å². The second kappa shape index (κ2) is 7.50. The predicted molar refractivity (Wildman–Crippen MR) is 79.8 cm³/mol. The lowest BCUT2D eigenvalue weighted by molar-refractivity contribution is 0.0636. The summed E-state index contributed by atoms with van der Waals surface area (Å²) in [5.41, 5.74) is -0.764. The lowest BCUT2D eigenvalue weighted by Crippen LogP contribution is -2.33. The molecule has 0 aliphatic heterocycles. The molecule has 1 atom stereocenters. The Morgan fingerprint density at radius 2 is 2.05 bits per heavy atom. The van der Waals surface area contributed by atoms with Crippen LogP contribution in [-0.4, -0.2) is 33.8 Å². The average molecular weight is 287 g/mol. The van der Waals surface area contributed by atoms with Crippen LogP contribution in [-0.2, 0) is 0 Å². The SMILES string of the molecule is CCCNc1ncc(Cl)c(NCC(C)(O)CCC)n1. The van der Waals surface area contributed by atoms with Crippen molar-refractivity contribution in [3.8, 4) is 0 Å². The van der Waals surface area contributed by atoms with Gasteiger partial charge in [-0.3, -0.25) is 0 Å². The van der Waals surface area contributed by atoms with E-state index in [9.17, 15) is 5.11 Å². The summed E-state index contributed by atoms with van der Waals surface area (Å²) in [6.45, 7) is 7.14. The molecule has 0 amide bonds. The number of anilines is 2. The van der Waals surface area contributed by atoms with E-state index in [1.807, 2.05) is 6.92 Å². The number of aromatic nitrogens is 2. The molecule has 0 aromatic carbocycles. The molecule has 0 saturated heterocycles. The fourth-order valence-electron chi connectivity index (χ4n) is 1.71. The minimum absolute atomic E-state index is 0.408. The van der Waals surface area contributed by atoms with E-state index in [-0.39, 0.29) is 0 Å². The van der Waals surface area contributed by atoms with E-state index in [2.05, 4.69) is 27.5 Å². The van der Waals surface area contributed by atoms with Crippen LogP contribution in [0, 0.1) is 0 Å². The molecule has 1 rings (SSSR count). The molecule has 0 aliphatic carbocycles. The highest BCUT2D eigenvalue weighted by Gasteiger charge is 2.19. The summed E-state index contributed by atoms with van der Waals surface area (Å²) in [6.07, 6.45) is 4.21. The molecule has 1 heterocycles. The fraction of sp³-hybridized carbons (Fsp3) is 0.692. The summed E-state index contributed by atoms with van der Waals surface area (Å²) in [5, 5.41) is 16.7. The van der Waals surface area contributed by atoms with E-state index in [1.54, 1.807) is 13.1 Å². The van der Waals surface area contributed by atoms with E-state index in [0.717, 1.165) is 25.8 Å². The molecular weight excluding hydrogens is 264 g/mol. The van der Waals surface area contributed by atoms with E-state index in [1.165, 1.54) is 0 Å². The van der Waals surface area contributed by atoms with Crippen molar-refractivity contribution >= 4 is 23.4 Å². The van der Waals surface area contributed by atoms with Crippen LogP contribution in [0.2, 0.25) is 5.02 Å². The van der Waals surface area contributed by atoms with E-state index >= 15 is 0 Å². The maximum Gasteiger partial charge on any atom is 0.224 e. The van der Waals surface area contributed by atoms with Gasteiger partial charge in [0.15, 0.2) is 5.82 Å². The Kier molecular flexibility index (Phi) is 6.31. The molecule has 108 valence electrons. The van der Waals surface area contributed by atoms with Gasteiger partial charge in [0.2, 0.25) is 5.95 Å². The predicted octanol–water partition coefficient (Wildman–Crippen LogP) is 2.91. The quantitative estimate of drug-likeness (QED) is 0.685. The number of hydrogen-bond donors (Lipinski definition) is 3. The molecule has 0 aliphatic rings. The zero-order valence-electron chi connectivity index (χ0n) is 11.8. The largest absolute Gasteiger partial charge is 0.388 e. The summed E-state index contributed by atoms with van der Waals surface area (Å²) in [5.74, 6) is 1.09. The maximum atomic E-state index is 10.1. The molecule has 0 radical (unpaired) electrons. The molecule has 19 heavy (non-hydrogen) atoms. The van der Waals surface area contributed by atoms with Crippen LogP contribution in [0.1, 0.15) is 40.0 Å². The lowest BCUT2D eigenvalue weighted by atomic mass is 10.0.